The van der Waals surface area contributed by atoms with Crippen LogP contribution in [0, 0.1) is 0 Å². The molecule has 0 aromatic carbocycles. The maximum atomic E-state index is 11.6. The zero-order chi connectivity index (χ0) is 13.2. The average Bonchev–Trinajstić information content (AvgIpc) is 2.38. The van der Waals surface area contributed by atoms with E-state index in [1.54, 1.807) is 25.4 Å². The second kappa shape index (κ2) is 9.02. The number of nitrogens with zero attached hydrogens (tertiary/aromatic N) is 1. The van der Waals surface area contributed by atoms with Crippen LogP contribution in [0.1, 0.15) is 16.8 Å². The van der Waals surface area contributed by atoms with Crippen molar-refractivity contribution in [3.8, 4) is 0 Å². The SMILES string of the molecule is COCCCOCCOC(=O)c1cccnc1Br. The van der Waals surface area contributed by atoms with Gasteiger partial charge in [0.15, 0.2) is 0 Å². The first-order valence-electron chi connectivity index (χ1n) is 5.60. The predicted molar refractivity (Wildman–Crippen MR) is 69.5 cm³/mol. The molecule has 1 heterocycles. The van der Waals surface area contributed by atoms with E-state index < -0.39 is 5.97 Å². The summed E-state index contributed by atoms with van der Waals surface area (Å²) in [5.74, 6) is -0.407. The van der Waals surface area contributed by atoms with Crippen molar-refractivity contribution in [2.75, 3.05) is 33.5 Å². The van der Waals surface area contributed by atoms with Crippen LogP contribution in [0.5, 0.6) is 0 Å². The van der Waals surface area contributed by atoms with Crippen molar-refractivity contribution in [2.24, 2.45) is 0 Å². The van der Waals surface area contributed by atoms with Gasteiger partial charge in [-0.2, -0.15) is 0 Å². The van der Waals surface area contributed by atoms with Crippen LogP contribution in [0.15, 0.2) is 22.9 Å². The molecule has 18 heavy (non-hydrogen) atoms. The molecule has 6 heteroatoms. The first-order valence-corrected chi connectivity index (χ1v) is 6.39. The van der Waals surface area contributed by atoms with Crippen molar-refractivity contribution >= 4 is 21.9 Å². The number of aromatic nitrogens is 1. The molecule has 0 atom stereocenters. The van der Waals surface area contributed by atoms with E-state index in [0.717, 1.165) is 6.42 Å². The summed E-state index contributed by atoms with van der Waals surface area (Å²) >= 11 is 3.19. The van der Waals surface area contributed by atoms with E-state index in [-0.39, 0.29) is 6.61 Å². The number of esters is 1. The van der Waals surface area contributed by atoms with Crippen LogP contribution in [0.2, 0.25) is 0 Å². The van der Waals surface area contributed by atoms with E-state index in [2.05, 4.69) is 20.9 Å². The largest absolute Gasteiger partial charge is 0.460 e. The van der Waals surface area contributed by atoms with Crippen LogP contribution >= 0.6 is 15.9 Å². The van der Waals surface area contributed by atoms with Crippen LogP contribution in [0.25, 0.3) is 0 Å². The van der Waals surface area contributed by atoms with Crippen LogP contribution in [-0.4, -0.2) is 44.5 Å². The molecular weight excluding hydrogens is 302 g/mol. The first kappa shape index (κ1) is 15.1. The van der Waals surface area contributed by atoms with E-state index >= 15 is 0 Å². The van der Waals surface area contributed by atoms with E-state index in [9.17, 15) is 4.79 Å². The molecule has 0 aliphatic carbocycles. The van der Waals surface area contributed by atoms with Crippen molar-refractivity contribution in [1.82, 2.24) is 4.98 Å². The van der Waals surface area contributed by atoms with Gasteiger partial charge in [-0.15, -0.1) is 0 Å². The fourth-order valence-electron chi connectivity index (χ4n) is 1.22. The van der Waals surface area contributed by atoms with E-state index in [1.165, 1.54) is 0 Å². The number of ether oxygens (including phenoxy) is 3. The number of halogens is 1. The lowest BCUT2D eigenvalue weighted by Crippen LogP contribution is -2.12. The van der Waals surface area contributed by atoms with Gasteiger partial charge in [-0.3, -0.25) is 0 Å². The Morgan fingerprint density at radius 2 is 2.17 bits per heavy atom. The molecule has 0 radical (unpaired) electrons. The van der Waals surface area contributed by atoms with Crippen molar-refractivity contribution in [2.45, 2.75) is 6.42 Å². The van der Waals surface area contributed by atoms with Crippen LogP contribution in [0.3, 0.4) is 0 Å². The van der Waals surface area contributed by atoms with Gasteiger partial charge in [-0.05, 0) is 34.5 Å². The molecule has 0 spiro atoms. The third kappa shape index (κ3) is 5.57. The molecular formula is C12H16BrNO4. The van der Waals surface area contributed by atoms with Crippen LogP contribution < -0.4 is 0 Å². The molecule has 0 saturated heterocycles. The highest BCUT2D eigenvalue weighted by Gasteiger charge is 2.11. The Kier molecular flexibility index (Phi) is 7.55. The second-order valence-electron chi connectivity index (χ2n) is 3.44. The second-order valence-corrected chi connectivity index (χ2v) is 4.19. The van der Waals surface area contributed by atoms with Crippen molar-refractivity contribution in [3.05, 3.63) is 28.5 Å². The quantitative estimate of drug-likeness (QED) is 0.417. The summed E-state index contributed by atoms with van der Waals surface area (Å²) in [5.41, 5.74) is 0.414. The summed E-state index contributed by atoms with van der Waals surface area (Å²) in [4.78, 5) is 15.6. The number of pyridine rings is 1. The highest BCUT2D eigenvalue weighted by Crippen LogP contribution is 2.13. The summed E-state index contributed by atoms with van der Waals surface area (Å²) in [6.07, 6.45) is 2.43. The van der Waals surface area contributed by atoms with E-state index in [0.29, 0.717) is 30.0 Å². The third-order valence-corrected chi connectivity index (χ3v) is 2.71. The lowest BCUT2D eigenvalue weighted by atomic mass is 10.3. The lowest BCUT2D eigenvalue weighted by molar-refractivity contribution is 0.0287. The summed E-state index contributed by atoms with van der Waals surface area (Å²) in [7, 11) is 1.65. The maximum Gasteiger partial charge on any atom is 0.340 e. The molecule has 0 bridgehead atoms. The number of hydrogen-bond acceptors (Lipinski definition) is 5. The molecule has 1 aromatic heterocycles. The highest BCUT2D eigenvalue weighted by molar-refractivity contribution is 9.10. The zero-order valence-corrected chi connectivity index (χ0v) is 11.8. The minimum atomic E-state index is -0.407. The van der Waals surface area contributed by atoms with Gasteiger partial charge in [0, 0.05) is 26.5 Å². The first-order chi connectivity index (χ1) is 8.75. The standard InChI is InChI=1S/C12H16BrNO4/c1-16-6-3-7-17-8-9-18-12(15)10-4-2-5-14-11(10)13/h2,4-5H,3,6-9H2,1H3. The minimum Gasteiger partial charge on any atom is -0.460 e. The molecule has 0 amide bonds. The topological polar surface area (TPSA) is 57.7 Å². The smallest absolute Gasteiger partial charge is 0.340 e. The van der Waals surface area contributed by atoms with Crippen molar-refractivity contribution in [3.63, 3.8) is 0 Å². The molecule has 1 rings (SSSR count). The number of carbonyl (C=O) groups is 1. The number of carbonyl (C=O) groups excluding carboxylic acids is 1. The molecule has 0 fully saturated rings. The number of rotatable bonds is 8. The molecule has 0 aliphatic heterocycles. The van der Waals surface area contributed by atoms with Gasteiger partial charge in [-0.1, -0.05) is 0 Å². The zero-order valence-electron chi connectivity index (χ0n) is 10.2. The monoisotopic (exact) mass is 317 g/mol. The van der Waals surface area contributed by atoms with Gasteiger partial charge in [0.2, 0.25) is 0 Å². The van der Waals surface area contributed by atoms with E-state index in [4.69, 9.17) is 14.2 Å². The molecule has 0 N–H and O–H groups in total. The Balaban J connectivity index is 2.16. The molecule has 5 nitrogen and oxygen atoms in total. The summed E-state index contributed by atoms with van der Waals surface area (Å²) in [6.45, 7) is 1.88. The van der Waals surface area contributed by atoms with Gasteiger partial charge in [-0.25, -0.2) is 9.78 Å². The maximum absolute atomic E-state index is 11.6. The van der Waals surface area contributed by atoms with Gasteiger partial charge >= 0.3 is 5.97 Å². The van der Waals surface area contributed by atoms with Gasteiger partial charge < -0.3 is 14.2 Å². The van der Waals surface area contributed by atoms with Gasteiger partial charge in [0.25, 0.3) is 0 Å². The average molecular weight is 318 g/mol. The molecule has 1 aromatic rings. The number of hydrogen-bond donors (Lipinski definition) is 0. The fraction of sp³-hybridized carbons (Fsp3) is 0.500. The van der Waals surface area contributed by atoms with Gasteiger partial charge in [0.05, 0.1) is 12.2 Å². The molecule has 100 valence electrons. The Labute approximate surface area is 115 Å². The van der Waals surface area contributed by atoms with Gasteiger partial charge in [0.1, 0.15) is 11.2 Å². The summed E-state index contributed by atoms with van der Waals surface area (Å²) in [6, 6.07) is 3.33. The molecule has 0 saturated carbocycles. The Hall–Kier alpha value is -0.980. The lowest BCUT2D eigenvalue weighted by Gasteiger charge is -2.06. The minimum absolute atomic E-state index is 0.229. The number of methoxy groups -OCH3 is 1. The Bertz CT molecular complexity index is 373. The molecule has 0 unspecified atom stereocenters. The van der Waals surface area contributed by atoms with Crippen LogP contribution in [0.4, 0.5) is 0 Å². The third-order valence-electron chi connectivity index (χ3n) is 2.08. The normalized spacial score (nSPS) is 10.3. The predicted octanol–water partition coefficient (Wildman–Crippen LogP) is 2.05. The van der Waals surface area contributed by atoms with Crippen molar-refractivity contribution in [1.29, 1.82) is 0 Å². The Morgan fingerprint density at radius 1 is 1.33 bits per heavy atom. The van der Waals surface area contributed by atoms with E-state index in [1.807, 2.05) is 0 Å². The van der Waals surface area contributed by atoms with Crippen molar-refractivity contribution < 1.29 is 19.0 Å². The summed E-state index contributed by atoms with van der Waals surface area (Å²) < 4.78 is 15.7. The fourth-order valence-corrected chi connectivity index (χ4v) is 1.63. The van der Waals surface area contributed by atoms with Crippen LogP contribution in [-0.2, 0) is 14.2 Å². The summed E-state index contributed by atoms with van der Waals surface area (Å²) in [5, 5.41) is 0. The molecule has 0 aliphatic rings. The highest BCUT2D eigenvalue weighted by atomic mass is 79.9. The Morgan fingerprint density at radius 3 is 2.89 bits per heavy atom.